The number of thiazole rings is 1. The molecule has 0 radical (unpaired) electrons. The van der Waals surface area contributed by atoms with Crippen molar-refractivity contribution in [3.05, 3.63) is 87.7 Å². The lowest BCUT2D eigenvalue weighted by molar-refractivity contribution is 0.0785. The molecule has 0 bridgehead atoms. The minimum absolute atomic E-state index is 0.104. The summed E-state index contributed by atoms with van der Waals surface area (Å²) in [4.78, 5) is 19.0. The molecule has 164 valence electrons. The van der Waals surface area contributed by atoms with E-state index in [4.69, 9.17) is 10.2 Å². The zero-order valence-corrected chi connectivity index (χ0v) is 19.1. The minimum atomic E-state index is -0.813. The van der Waals surface area contributed by atoms with Gasteiger partial charge in [-0.1, -0.05) is 36.4 Å². The van der Waals surface area contributed by atoms with Crippen LogP contribution in [-0.2, 0) is 18.5 Å². The summed E-state index contributed by atoms with van der Waals surface area (Å²) >= 11 is 1.55. The number of nitrogens with zero attached hydrogens (tertiary/aromatic N) is 4. The van der Waals surface area contributed by atoms with E-state index in [2.05, 4.69) is 15.2 Å². The number of rotatable bonds is 7. The van der Waals surface area contributed by atoms with E-state index in [1.54, 1.807) is 41.5 Å². The van der Waals surface area contributed by atoms with Crippen molar-refractivity contribution >= 4 is 17.2 Å². The van der Waals surface area contributed by atoms with Crippen LogP contribution in [0.15, 0.2) is 64.4 Å². The van der Waals surface area contributed by atoms with E-state index < -0.39 is 5.54 Å². The molecule has 0 aliphatic rings. The number of aromatic nitrogens is 3. The van der Waals surface area contributed by atoms with Crippen molar-refractivity contribution < 1.29 is 9.21 Å². The normalized spacial score (nSPS) is 13.0. The average molecular weight is 448 g/mol. The van der Waals surface area contributed by atoms with Crippen LogP contribution in [0.4, 0.5) is 0 Å². The summed E-state index contributed by atoms with van der Waals surface area (Å²) in [5, 5.41) is 11.2. The number of hydrogen-bond donors (Lipinski definition) is 1. The highest BCUT2D eigenvalue weighted by Crippen LogP contribution is 2.26. The summed E-state index contributed by atoms with van der Waals surface area (Å²) in [6.45, 7) is 4.26. The van der Waals surface area contributed by atoms with Gasteiger partial charge < -0.3 is 15.1 Å². The van der Waals surface area contributed by atoms with Gasteiger partial charge in [0.25, 0.3) is 5.91 Å². The summed E-state index contributed by atoms with van der Waals surface area (Å²) < 4.78 is 5.92. The van der Waals surface area contributed by atoms with Crippen LogP contribution in [0.3, 0.4) is 0 Å². The zero-order valence-electron chi connectivity index (χ0n) is 18.3. The fourth-order valence-electron chi connectivity index (χ4n) is 3.42. The number of hydrogen-bond acceptors (Lipinski definition) is 7. The van der Waals surface area contributed by atoms with Crippen molar-refractivity contribution in [2.75, 3.05) is 7.05 Å². The maximum atomic E-state index is 12.9. The average Bonchev–Trinajstić information content (AvgIpc) is 3.43. The summed E-state index contributed by atoms with van der Waals surface area (Å²) in [5.41, 5.74) is 8.93. The van der Waals surface area contributed by atoms with E-state index in [-0.39, 0.29) is 5.91 Å². The maximum Gasteiger partial charge on any atom is 0.253 e. The molecule has 0 aliphatic carbocycles. The van der Waals surface area contributed by atoms with Crippen LogP contribution < -0.4 is 5.73 Å². The Morgan fingerprint density at radius 3 is 2.66 bits per heavy atom. The van der Waals surface area contributed by atoms with Crippen molar-refractivity contribution in [1.82, 2.24) is 20.1 Å². The van der Waals surface area contributed by atoms with Crippen LogP contribution in [0.5, 0.6) is 0 Å². The molecule has 0 aliphatic heterocycles. The van der Waals surface area contributed by atoms with Crippen molar-refractivity contribution in [3.63, 3.8) is 0 Å². The first-order valence-electron chi connectivity index (χ1n) is 10.3. The third-order valence-corrected chi connectivity index (χ3v) is 6.02. The summed E-state index contributed by atoms with van der Waals surface area (Å²) in [6.07, 6.45) is 0.565. The predicted molar refractivity (Wildman–Crippen MR) is 124 cm³/mol. The van der Waals surface area contributed by atoms with Crippen molar-refractivity contribution in [2.24, 2.45) is 5.73 Å². The Bertz CT molecular complexity index is 1220. The standard InChI is InChI=1S/C24H25N5O2S/c1-16-15-32-20(26-16)14-29(3)22(30)19-11-7-10-18(12-19)21-27-28-23(31-21)24(2,25)13-17-8-5-4-6-9-17/h4-12,15H,13-14,25H2,1-3H3. The highest BCUT2D eigenvalue weighted by Gasteiger charge is 2.29. The molecule has 7 nitrogen and oxygen atoms in total. The number of carbonyl (C=O) groups excluding carboxylic acids is 1. The Balaban J connectivity index is 1.51. The molecule has 1 amide bonds. The highest BCUT2D eigenvalue weighted by molar-refractivity contribution is 7.09. The van der Waals surface area contributed by atoms with Gasteiger partial charge in [0.15, 0.2) is 0 Å². The smallest absolute Gasteiger partial charge is 0.253 e. The zero-order chi connectivity index (χ0) is 22.7. The predicted octanol–water partition coefficient (Wildman–Crippen LogP) is 4.19. The SMILES string of the molecule is Cc1csc(CN(C)C(=O)c2cccc(-c3nnc(C(C)(N)Cc4ccccc4)o3)c2)n1. The van der Waals surface area contributed by atoms with Crippen LogP contribution in [0.1, 0.15) is 39.4 Å². The van der Waals surface area contributed by atoms with Gasteiger partial charge in [-0.2, -0.15) is 0 Å². The molecule has 32 heavy (non-hydrogen) atoms. The number of benzene rings is 2. The molecule has 2 aromatic carbocycles. The second-order valence-electron chi connectivity index (χ2n) is 8.12. The quantitative estimate of drug-likeness (QED) is 0.456. The molecule has 0 fully saturated rings. The van der Waals surface area contributed by atoms with Gasteiger partial charge in [-0.3, -0.25) is 4.79 Å². The topological polar surface area (TPSA) is 98.1 Å². The third kappa shape index (κ3) is 4.92. The molecule has 1 atom stereocenters. The Morgan fingerprint density at radius 2 is 1.94 bits per heavy atom. The van der Waals surface area contributed by atoms with Crippen LogP contribution in [0.25, 0.3) is 11.5 Å². The lowest BCUT2D eigenvalue weighted by Crippen LogP contribution is -2.35. The van der Waals surface area contributed by atoms with Gasteiger partial charge in [0.2, 0.25) is 11.8 Å². The van der Waals surface area contributed by atoms with Gasteiger partial charge in [-0.25, -0.2) is 4.98 Å². The first kappa shape index (κ1) is 21.9. The number of aryl methyl sites for hydroxylation is 1. The van der Waals surface area contributed by atoms with E-state index >= 15 is 0 Å². The largest absolute Gasteiger partial charge is 0.419 e. The monoisotopic (exact) mass is 447 g/mol. The van der Waals surface area contributed by atoms with Gasteiger partial charge >= 0.3 is 0 Å². The van der Waals surface area contributed by atoms with Gasteiger partial charge in [0.05, 0.1) is 12.1 Å². The molecule has 4 rings (SSSR count). The fourth-order valence-corrected chi connectivity index (χ4v) is 4.25. The van der Waals surface area contributed by atoms with Crippen molar-refractivity contribution in [3.8, 4) is 11.5 Å². The molecular weight excluding hydrogens is 422 g/mol. The number of amides is 1. The molecule has 2 heterocycles. The Hall–Kier alpha value is -3.36. The highest BCUT2D eigenvalue weighted by atomic mass is 32.1. The number of carbonyl (C=O) groups is 1. The Kier molecular flexibility index (Phi) is 6.16. The van der Waals surface area contributed by atoms with Gasteiger partial charge in [-0.05, 0) is 44.0 Å². The molecule has 0 spiro atoms. The summed E-state index contributed by atoms with van der Waals surface area (Å²) in [5.74, 6) is 0.578. The maximum absolute atomic E-state index is 12.9. The van der Waals surface area contributed by atoms with Gasteiger partial charge in [0, 0.05) is 29.2 Å². The van der Waals surface area contributed by atoms with E-state index in [1.165, 1.54) is 0 Å². The second kappa shape index (κ2) is 9.02. The fraction of sp³-hybridized carbons (Fsp3) is 0.250. The second-order valence-corrected chi connectivity index (χ2v) is 9.06. The lowest BCUT2D eigenvalue weighted by atomic mass is 9.94. The van der Waals surface area contributed by atoms with Crippen LogP contribution in [0.2, 0.25) is 0 Å². The van der Waals surface area contributed by atoms with Gasteiger partial charge in [0.1, 0.15) is 5.01 Å². The van der Waals surface area contributed by atoms with Crippen LogP contribution >= 0.6 is 11.3 Å². The Labute approximate surface area is 190 Å². The molecule has 0 saturated heterocycles. The van der Waals surface area contributed by atoms with E-state index in [1.807, 2.05) is 55.6 Å². The molecule has 4 aromatic rings. The summed E-state index contributed by atoms with van der Waals surface area (Å²) in [7, 11) is 1.76. The Morgan fingerprint density at radius 1 is 1.16 bits per heavy atom. The minimum Gasteiger partial charge on any atom is -0.419 e. The van der Waals surface area contributed by atoms with Crippen LogP contribution in [-0.4, -0.2) is 33.0 Å². The van der Waals surface area contributed by atoms with E-state index in [0.29, 0.717) is 35.9 Å². The van der Waals surface area contributed by atoms with Crippen LogP contribution in [0, 0.1) is 6.92 Å². The van der Waals surface area contributed by atoms with Gasteiger partial charge in [-0.15, -0.1) is 21.5 Å². The van der Waals surface area contributed by atoms with Crippen molar-refractivity contribution in [1.29, 1.82) is 0 Å². The molecule has 8 heteroatoms. The molecule has 0 saturated carbocycles. The van der Waals surface area contributed by atoms with E-state index in [9.17, 15) is 4.79 Å². The molecule has 1 unspecified atom stereocenters. The molecule has 2 aromatic heterocycles. The van der Waals surface area contributed by atoms with Crippen molar-refractivity contribution in [2.45, 2.75) is 32.4 Å². The van der Waals surface area contributed by atoms with E-state index in [0.717, 1.165) is 16.3 Å². The third-order valence-electron chi connectivity index (χ3n) is 5.07. The summed E-state index contributed by atoms with van der Waals surface area (Å²) in [6, 6.07) is 17.1. The lowest BCUT2D eigenvalue weighted by Gasteiger charge is -2.20. The first-order chi connectivity index (χ1) is 15.3. The molecular formula is C24H25N5O2S. The number of nitrogens with two attached hydrogens (primary N) is 1. The first-order valence-corrected chi connectivity index (χ1v) is 11.1. The molecule has 2 N–H and O–H groups in total.